The summed E-state index contributed by atoms with van der Waals surface area (Å²) < 4.78 is 19.0. The van der Waals surface area contributed by atoms with E-state index in [1.54, 1.807) is 0 Å². The zero-order chi connectivity index (χ0) is 23.4. The monoisotopic (exact) mass is 455 g/mol. The zero-order valence-electron chi connectivity index (χ0n) is 20.2. The van der Waals surface area contributed by atoms with E-state index >= 15 is 0 Å². The van der Waals surface area contributed by atoms with Crippen molar-refractivity contribution < 1.29 is 24.1 Å². The maximum atomic E-state index is 13.9. The fraction of sp³-hybridized carbons (Fsp3) is 0.667. The Morgan fingerprint density at radius 1 is 1.27 bits per heavy atom. The topological polar surface area (TPSA) is 68.2 Å². The molecule has 1 aromatic rings. The minimum Gasteiger partial charge on any atom is -0.390 e. The number of amides is 1. The zero-order valence-corrected chi connectivity index (χ0v) is 20.2. The number of hydrogen-bond donors (Lipinski definition) is 1. The van der Waals surface area contributed by atoms with Gasteiger partial charge in [0.05, 0.1) is 25.2 Å². The number of hydrogen-bond acceptors (Lipinski definition) is 5. The molecule has 180 valence electrons. The highest BCUT2D eigenvalue weighted by atomic mass is 16.7. The fourth-order valence-electron chi connectivity index (χ4n) is 6.46. The average Bonchev–Trinajstić information content (AvgIpc) is 3.42. The molecule has 6 nitrogen and oxygen atoms in total. The molecule has 3 heterocycles. The van der Waals surface area contributed by atoms with Crippen LogP contribution in [0.4, 0.5) is 0 Å². The van der Waals surface area contributed by atoms with Crippen molar-refractivity contribution in [2.24, 2.45) is 17.3 Å². The van der Waals surface area contributed by atoms with Crippen LogP contribution in [0.2, 0.25) is 0 Å². The Hall–Kier alpha value is -1.73. The van der Waals surface area contributed by atoms with Crippen LogP contribution in [0.25, 0.3) is 0 Å². The van der Waals surface area contributed by atoms with Crippen molar-refractivity contribution in [2.75, 3.05) is 6.61 Å². The summed E-state index contributed by atoms with van der Waals surface area (Å²) >= 11 is 0. The second-order valence-electron chi connectivity index (χ2n) is 11.4. The number of carbonyl (C=O) groups excluding carboxylic acids is 1. The first-order valence-corrected chi connectivity index (χ1v) is 12.3. The van der Waals surface area contributed by atoms with Crippen LogP contribution in [-0.2, 0) is 25.6 Å². The van der Waals surface area contributed by atoms with Crippen molar-refractivity contribution in [3.8, 4) is 0 Å². The van der Waals surface area contributed by atoms with Gasteiger partial charge in [0.25, 0.3) is 0 Å². The Balaban J connectivity index is 1.47. The minimum atomic E-state index is -0.941. The number of aliphatic hydroxyl groups is 1. The van der Waals surface area contributed by atoms with E-state index in [9.17, 15) is 9.90 Å². The smallest absolute Gasteiger partial charge is 0.231 e. The van der Waals surface area contributed by atoms with E-state index in [-0.39, 0.29) is 29.8 Å². The first-order valence-electron chi connectivity index (χ1n) is 12.3. The maximum Gasteiger partial charge on any atom is 0.231 e. The molecule has 33 heavy (non-hydrogen) atoms. The van der Waals surface area contributed by atoms with Gasteiger partial charge in [-0.05, 0) is 31.7 Å². The van der Waals surface area contributed by atoms with Crippen LogP contribution in [-0.4, -0.2) is 52.3 Å². The molecule has 4 aliphatic rings. The SMILES string of the molecule is CC(C)(C)[C@@H]1OC[C@]2([C@H](O)[C@@H]3C=CCCC3)N1C(=O)[C@@H]1C[C@H](OCc3ccccc3)O[C@@]12C. The van der Waals surface area contributed by atoms with Crippen molar-refractivity contribution in [1.82, 2.24) is 4.90 Å². The van der Waals surface area contributed by atoms with Crippen LogP contribution >= 0.6 is 0 Å². The molecule has 1 aliphatic carbocycles. The number of fused-ring (bicyclic) bond motifs is 3. The van der Waals surface area contributed by atoms with E-state index in [1.807, 2.05) is 42.2 Å². The van der Waals surface area contributed by atoms with Gasteiger partial charge in [0, 0.05) is 17.8 Å². The standard InChI is InChI=1S/C27H37NO5/c1-25(2,3)24-28-23(30)20-15-21(31-16-18-11-7-5-8-12-18)33-26(20,4)27(28,17-32-24)22(29)19-13-9-6-10-14-19/h5,7-9,11-13,19-22,24,29H,6,10,14-17H2,1-4H3/t19-,20+,21-,22-,24+,26+,27-/m1/s1. The minimum absolute atomic E-state index is 0.0135. The summed E-state index contributed by atoms with van der Waals surface area (Å²) in [6, 6.07) is 9.98. The van der Waals surface area contributed by atoms with E-state index in [0.29, 0.717) is 13.0 Å². The lowest BCUT2D eigenvalue weighted by molar-refractivity contribution is -0.216. The second kappa shape index (κ2) is 8.19. The molecule has 1 N–H and O–H groups in total. The lowest BCUT2D eigenvalue weighted by atomic mass is 9.69. The van der Waals surface area contributed by atoms with Gasteiger partial charge in [0.2, 0.25) is 5.91 Å². The first kappa shape index (κ1) is 23.0. The summed E-state index contributed by atoms with van der Waals surface area (Å²) in [5, 5.41) is 11.9. The van der Waals surface area contributed by atoms with Crippen molar-refractivity contribution in [1.29, 1.82) is 0 Å². The summed E-state index contributed by atoms with van der Waals surface area (Å²) in [4.78, 5) is 15.8. The van der Waals surface area contributed by atoms with Crippen molar-refractivity contribution in [3.63, 3.8) is 0 Å². The molecule has 6 heteroatoms. The number of benzene rings is 1. The van der Waals surface area contributed by atoms with Gasteiger partial charge in [0.1, 0.15) is 17.4 Å². The number of allylic oxidation sites excluding steroid dienone is 1. The summed E-state index contributed by atoms with van der Waals surface area (Å²) in [6.45, 7) is 8.93. The third-order valence-corrected chi connectivity index (χ3v) is 8.20. The van der Waals surface area contributed by atoms with Gasteiger partial charge in [-0.25, -0.2) is 0 Å². The van der Waals surface area contributed by atoms with Crippen LogP contribution < -0.4 is 0 Å². The molecule has 3 saturated heterocycles. The lowest BCUT2D eigenvalue weighted by Gasteiger charge is -2.48. The van der Waals surface area contributed by atoms with Crippen molar-refractivity contribution in [2.45, 2.75) is 89.7 Å². The highest BCUT2D eigenvalue weighted by Crippen LogP contribution is 2.60. The van der Waals surface area contributed by atoms with Crippen LogP contribution in [0.1, 0.15) is 58.9 Å². The Kier molecular flexibility index (Phi) is 5.72. The quantitative estimate of drug-likeness (QED) is 0.679. The summed E-state index contributed by atoms with van der Waals surface area (Å²) in [5.74, 6) is -0.381. The van der Waals surface area contributed by atoms with Gasteiger partial charge in [-0.15, -0.1) is 0 Å². The van der Waals surface area contributed by atoms with E-state index in [1.165, 1.54) is 0 Å². The van der Waals surface area contributed by atoms with Crippen LogP contribution in [0.5, 0.6) is 0 Å². The largest absolute Gasteiger partial charge is 0.390 e. The molecule has 3 fully saturated rings. The molecule has 0 aromatic heterocycles. The number of ether oxygens (including phenoxy) is 3. The van der Waals surface area contributed by atoms with Gasteiger partial charge >= 0.3 is 0 Å². The van der Waals surface area contributed by atoms with E-state index < -0.39 is 29.8 Å². The average molecular weight is 456 g/mol. The Morgan fingerprint density at radius 3 is 2.70 bits per heavy atom. The van der Waals surface area contributed by atoms with E-state index in [0.717, 1.165) is 24.8 Å². The van der Waals surface area contributed by atoms with E-state index in [4.69, 9.17) is 14.2 Å². The first-order chi connectivity index (χ1) is 15.7. The second-order valence-corrected chi connectivity index (χ2v) is 11.4. The molecule has 0 saturated carbocycles. The van der Waals surface area contributed by atoms with E-state index in [2.05, 4.69) is 32.9 Å². The number of rotatable bonds is 5. The predicted molar refractivity (Wildman–Crippen MR) is 124 cm³/mol. The molecular weight excluding hydrogens is 418 g/mol. The van der Waals surface area contributed by atoms with Gasteiger partial charge in [0.15, 0.2) is 6.29 Å². The molecule has 7 atom stereocenters. The summed E-state index contributed by atoms with van der Waals surface area (Å²) in [5.41, 5.74) is -1.05. The summed E-state index contributed by atoms with van der Waals surface area (Å²) in [7, 11) is 0. The van der Waals surface area contributed by atoms with Gasteiger partial charge < -0.3 is 24.2 Å². The molecule has 1 amide bonds. The Bertz CT molecular complexity index is 911. The molecule has 0 spiro atoms. The Labute approximate surface area is 196 Å². The fourth-order valence-corrected chi connectivity index (χ4v) is 6.46. The summed E-state index contributed by atoms with van der Waals surface area (Å²) in [6.07, 6.45) is 6.06. The van der Waals surface area contributed by atoms with Crippen LogP contribution in [0.15, 0.2) is 42.5 Å². The molecule has 1 aromatic carbocycles. The molecule has 3 aliphatic heterocycles. The van der Waals surface area contributed by atoms with Gasteiger partial charge in [-0.3, -0.25) is 4.79 Å². The van der Waals surface area contributed by atoms with Crippen molar-refractivity contribution >= 4 is 5.91 Å². The molecule has 0 bridgehead atoms. The normalized spacial score (nSPS) is 39.1. The third kappa shape index (κ3) is 3.49. The molecule has 0 radical (unpaired) electrons. The van der Waals surface area contributed by atoms with Gasteiger partial charge in [-0.2, -0.15) is 0 Å². The highest BCUT2D eigenvalue weighted by molar-refractivity contribution is 5.86. The maximum absolute atomic E-state index is 13.9. The van der Waals surface area contributed by atoms with Crippen LogP contribution in [0.3, 0.4) is 0 Å². The highest BCUT2D eigenvalue weighted by Gasteiger charge is 2.77. The number of aliphatic hydroxyl groups excluding tert-OH is 1. The van der Waals surface area contributed by atoms with Crippen molar-refractivity contribution in [3.05, 3.63) is 48.0 Å². The lowest BCUT2D eigenvalue weighted by Crippen LogP contribution is -2.67. The molecule has 5 rings (SSSR count). The molecular formula is C27H37NO5. The Morgan fingerprint density at radius 2 is 2.03 bits per heavy atom. The number of nitrogens with zero attached hydrogens (tertiary/aromatic N) is 1. The predicted octanol–water partition coefficient (Wildman–Crippen LogP) is 4.03. The molecule has 0 unspecified atom stereocenters. The van der Waals surface area contributed by atoms with Gasteiger partial charge in [-0.1, -0.05) is 63.3 Å². The van der Waals surface area contributed by atoms with Crippen LogP contribution in [0, 0.1) is 17.3 Å². The number of carbonyl (C=O) groups is 1. The third-order valence-electron chi connectivity index (χ3n) is 8.20.